The van der Waals surface area contributed by atoms with E-state index in [0.717, 1.165) is 7.11 Å². The van der Waals surface area contributed by atoms with Crippen LogP contribution in [0.3, 0.4) is 0 Å². The van der Waals surface area contributed by atoms with Gasteiger partial charge in [0.15, 0.2) is 0 Å². The lowest BCUT2D eigenvalue weighted by molar-refractivity contribution is -0.141. The fourth-order valence-electron chi connectivity index (χ4n) is 1.51. The fraction of sp³-hybridized carbons (Fsp3) is 0.364. The van der Waals surface area contributed by atoms with Gasteiger partial charge >= 0.3 is 12.1 Å². The van der Waals surface area contributed by atoms with E-state index in [1.807, 2.05) is 0 Å². The Bertz CT molecular complexity index is 563. The van der Waals surface area contributed by atoms with Crippen LogP contribution in [0.15, 0.2) is 6.20 Å². The van der Waals surface area contributed by atoms with Crippen LogP contribution in [0.1, 0.15) is 28.8 Å². The summed E-state index contributed by atoms with van der Waals surface area (Å²) in [5.41, 5.74) is -4.83. The molecule has 108 valence electrons. The van der Waals surface area contributed by atoms with Crippen LogP contribution in [-0.4, -0.2) is 18.1 Å². The van der Waals surface area contributed by atoms with Crippen molar-refractivity contribution >= 4 is 5.97 Å². The molecule has 0 atom stereocenters. The highest BCUT2D eigenvalue weighted by molar-refractivity contribution is 5.73. The summed E-state index contributed by atoms with van der Waals surface area (Å²) in [4.78, 5) is 14.1. The van der Waals surface area contributed by atoms with Crippen LogP contribution in [0.25, 0.3) is 0 Å². The second-order valence-corrected chi connectivity index (χ2v) is 3.58. The minimum atomic E-state index is -5.18. The van der Waals surface area contributed by atoms with Gasteiger partial charge in [0.1, 0.15) is 17.3 Å². The van der Waals surface area contributed by atoms with Gasteiger partial charge in [0.25, 0.3) is 6.43 Å². The quantitative estimate of drug-likeness (QED) is 0.635. The lowest BCUT2D eigenvalue weighted by Gasteiger charge is -2.15. The van der Waals surface area contributed by atoms with Crippen LogP contribution in [-0.2, 0) is 22.1 Å². The number of rotatable bonds is 3. The number of ether oxygens (including phenoxy) is 1. The normalized spacial score (nSPS) is 11.3. The molecule has 1 rings (SSSR count). The summed E-state index contributed by atoms with van der Waals surface area (Å²) in [6.45, 7) is 0. The van der Waals surface area contributed by atoms with Crippen LogP contribution in [0, 0.1) is 11.3 Å². The van der Waals surface area contributed by atoms with E-state index in [-0.39, 0.29) is 0 Å². The first-order valence-electron chi connectivity index (χ1n) is 5.06. The first-order chi connectivity index (χ1) is 9.22. The predicted molar refractivity (Wildman–Crippen MR) is 54.6 cm³/mol. The first-order valence-corrected chi connectivity index (χ1v) is 5.06. The average molecular weight is 294 g/mol. The van der Waals surface area contributed by atoms with Crippen LogP contribution in [0.4, 0.5) is 22.0 Å². The van der Waals surface area contributed by atoms with Crippen molar-refractivity contribution in [1.29, 1.82) is 5.26 Å². The number of methoxy groups -OCH3 is 1. The fourth-order valence-corrected chi connectivity index (χ4v) is 1.51. The Morgan fingerprint density at radius 2 is 2.10 bits per heavy atom. The maximum Gasteiger partial charge on any atom is 0.419 e. The highest BCUT2D eigenvalue weighted by atomic mass is 19.4. The van der Waals surface area contributed by atoms with Gasteiger partial charge in [-0.25, -0.2) is 8.78 Å². The molecule has 0 saturated carbocycles. The molecule has 0 fully saturated rings. The number of nitrogens with zero attached hydrogens (tertiary/aromatic N) is 2. The number of aromatic nitrogens is 1. The van der Waals surface area contributed by atoms with Crippen molar-refractivity contribution in [3.8, 4) is 6.07 Å². The topological polar surface area (TPSA) is 63.0 Å². The van der Waals surface area contributed by atoms with Crippen LogP contribution in [0.2, 0.25) is 0 Å². The largest absolute Gasteiger partial charge is 0.469 e. The maximum atomic E-state index is 12.8. The minimum Gasteiger partial charge on any atom is -0.469 e. The number of carbonyl (C=O) groups excluding carboxylic acids is 1. The Balaban J connectivity index is 3.54. The van der Waals surface area contributed by atoms with E-state index >= 15 is 0 Å². The Morgan fingerprint density at radius 1 is 1.50 bits per heavy atom. The third-order valence-corrected chi connectivity index (χ3v) is 2.35. The van der Waals surface area contributed by atoms with Crippen molar-refractivity contribution in [2.45, 2.75) is 19.0 Å². The molecular formula is C11H7F5N2O2. The van der Waals surface area contributed by atoms with Crippen LogP contribution < -0.4 is 0 Å². The summed E-state index contributed by atoms with van der Waals surface area (Å²) in [5, 5.41) is 8.78. The van der Waals surface area contributed by atoms with E-state index in [1.165, 1.54) is 6.07 Å². The summed E-state index contributed by atoms with van der Waals surface area (Å²) in [6.07, 6.45) is -8.70. The molecule has 0 amide bonds. The second-order valence-electron chi connectivity index (χ2n) is 3.58. The monoisotopic (exact) mass is 294 g/mol. The molecule has 0 bridgehead atoms. The van der Waals surface area contributed by atoms with Crippen molar-refractivity contribution in [3.63, 3.8) is 0 Å². The van der Waals surface area contributed by atoms with E-state index in [0.29, 0.717) is 6.20 Å². The van der Waals surface area contributed by atoms with Crippen molar-refractivity contribution < 1.29 is 31.5 Å². The Hall–Kier alpha value is -2.24. The molecule has 1 aromatic heterocycles. The van der Waals surface area contributed by atoms with Gasteiger partial charge in [-0.3, -0.25) is 9.78 Å². The zero-order chi connectivity index (χ0) is 15.5. The SMILES string of the molecule is COC(=O)Cc1cnc(C(F)F)c(C(F)(F)F)c1C#N. The van der Waals surface area contributed by atoms with E-state index in [1.54, 1.807) is 0 Å². The molecule has 20 heavy (non-hydrogen) atoms. The van der Waals surface area contributed by atoms with E-state index in [9.17, 15) is 26.7 Å². The number of hydrogen-bond acceptors (Lipinski definition) is 4. The van der Waals surface area contributed by atoms with E-state index in [4.69, 9.17) is 5.26 Å². The molecule has 0 spiro atoms. The molecule has 0 aliphatic heterocycles. The Morgan fingerprint density at radius 3 is 2.50 bits per heavy atom. The number of pyridine rings is 1. The molecule has 1 heterocycles. The maximum absolute atomic E-state index is 12.8. The molecule has 0 aliphatic rings. The molecule has 9 heteroatoms. The van der Waals surface area contributed by atoms with Crippen molar-refractivity contribution in [2.24, 2.45) is 0 Å². The number of esters is 1. The van der Waals surface area contributed by atoms with Gasteiger partial charge in [0, 0.05) is 6.20 Å². The Labute approximate surface area is 109 Å². The second kappa shape index (κ2) is 5.81. The van der Waals surface area contributed by atoms with Crippen molar-refractivity contribution in [3.05, 3.63) is 28.6 Å². The van der Waals surface area contributed by atoms with E-state index in [2.05, 4.69) is 9.72 Å². The lowest BCUT2D eigenvalue weighted by atomic mass is 9.99. The van der Waals surface area contributed by atoms with Crippen molar-refractivity contribution in [1.82, 2.24) is 4.98 Å². The number of alkyl halides is 5. The van der Waals surface area contributed by atoms with Gasteiger partial charge in [-0.2, -0.15) is 18.4 Å². The van der Waals surface area contributed by atoms with Gasteiger partial charge in [0.2, 0.25) is 0 Å². The Kier molecular flexibility index (Phi) is 4.60. The van der Waals surface area contributed by atoms with Crippen LogP contribution >= 0.6 is 0 Å². The van der Waals surface area contributed by atoms with Gasteiger partial charge in [-0.1, -0.05) is 0 Å². The highest BCUT2D eigenvalue weighted by Crippen LogP contribution is 2.38. The molecule has 0 saturated heterocycles. The number of hydrogen-bond donors (Lipinski definition) is 0. The van der Waals surface area contributed by atoms with E-state index < -0.39 is 47.4 Å². The first kappa shape index (κ1) is 15.8. The molecule has 0 N–H and O–H groups in total. The number of nitriles is 1. The van der Waals surface area contributed by atoms with Crippen LogP contribution in [0.5, 0.6) is 0 Å². The molecule has 0 radical (unpaired) electrons. The minimum absolute atomic E-state index is 0.420. The highest BCUT2D eigenvalue weighted by Gasteiger charge is 2.40. The van der Waals surface area contributed by atoms with Crippen molar-refractivity contribution in [2.75, 3.05) is 7.11 Å². The standard InChI is InChI=1S/C11H7F5N2O2/c1-20-7(19)2-5-4-18-9(10(12)13)8(6(5)3-17)11(14,15)16/h4,10H,2H2,1H3. The third kappa shape index (κ3) is 3.20. The number of halogens is 5. The molecule has 0 unspecified atom stereocenters. The average Bonchev–Trinajstić information content (AvgIpc) is 2.36. The molecule has 4 nitrogen and oxygen atoms in total. The van der Waals surface area contributed by atoms with Gasteiger partial charge in [-0.15, -0.1) is 0 Å². The van der Waals surface area contributed by atoms with Gasteiger partial charge < -0.3 is 4.74 Å². The molecular weight excluding hydrogens is 287 g/mol. The summed E-state index contributed by atoms with van der Waals surface area (Å²) in [7, 11) is 1.00. The smallest absolute Gasteiger partial charge is 0.419 e. The molecule has 0 aliphatic carbocycles. The van der Waals surface area contributed by atoms with Gasteiger partial charge in [-0.05, 0) is 5.56 Å². The predicted octanol–water partition coefficient (Wildman–Crippen LogP) is 2.63. The summed E-state index contributed by atoms with van der Waals surface area (Å²) in [5.74, 6) is -0.916. The zero-order valence-corrected chi connectivity index (χ0v) is 9.96. The third-order valence-electron chi connectivity index (χ3n) is 2.35. The molecule has 0 aromatic carbocycles. The lowest BCUT2D eigenvalue weighted by Crippen LogP contribution is -2.17. The molecule has 1 aromatic rings. The summed E-state index contributed by atoms with van der Waals surface area (Å²) in [6, 6.07) is 1.19. The zero-order valence-electron chi connectivity index (χ0n) is 9.96. The summed E-state index contributed by atoms with van der Waals surface area (Å²) >= 11 is 0. The number of carbonyl (C=O) groups is 1. The summed E-state index contributed by atoms with van der Waals surface area (Å²) < 4.78 is 67.8. The van der Waals surface area contributed by atoms with Gasteiger partial charge in [0.05, 0.1) is 19.1 Å².